The van der Waals surface area contributed by atoms with E-state index in [0.29, 0.717) is 37.3 Å². The number of carbonyl (C=O) groups is 1. The van der Waals surface area contributed by atoms with Gasteiger partial charge < -0.3 is 29.1 Å². The lowest BCUT2D eigenvalue weighted by molar-refractivity contribution is -0.118. The van der Waals surface area contributed by atoms with E-state index in [1.165, 1.54) is 26.5 Å². The van der Waals surface area contributed by atoms with Crippen LogP contribution in [0.1, 0.15) is 29.7 Å². The summed E-state index contributed by atoms with van der Waals surface area (Å²) in [5.74, 6) is -3.39. The van der Waals surface area contributed by atoms with E-state index in [4.69, 9.17) is 18.6 Å². The number of aromatic nitrogens is 2. The highest BCUT2D eigenvalue weighted by molar-refractivity contribution is 5.87. The first-order valence-corrected chi connectivity index (χ1v) is 10.9. The number of carbonyl (C=O) groups excluding carboxylic acids is 1. The second-order valence-electron chi connectivity index (χ2n) is 8.07. The first-order chi connectivity index (χ1) is 16.9. The molecule has 2 N–H and O–H groups in total. The molecule has 1 saturated heterocycles. The van der Waals surface area contributed by atoms with Crippen LogP contribution in [-0.2, 0) is 16.0 Å². The molecule has 4 rings (SSSR count). The van der Waals surface area contributed by atoms with Gasteiger partial charge in [0.05, 0.1) is 32.6 Å². The van der Waals surface area contributed by atoms with Crippen LogP contribution in [0.15, 0.2) is 35.4 Å². The number of ether oxygens (including phenoxy) is 3. The zero-order valence-corrected chi connectivity index (χ0v) is 19.2. The predicted octanol–water partition coefficient (Wildman–Crippen LogP) is 2.85. The van der Waals surface area contributed by atoms with Gasteiger partial charge in [-0.2, -0.15) is 0 Å². The Morgan fingerprint density at radius 2 is 2.03 bits per heavy atom. The fourth-order valence-corrected chi connectivity index (χ4v) is 4.09. The van der Waals surface area contributed by atoms with Crippen molar-refractivity contribution in [3.8, 4) is 11.5 Å². The van der Waals surface area contributed by atoms with Crippen molar-refractivity contribution in [2.45, 2.75) is 25.0 Å². The number of aliphatic hydroxyl groups excluding tert-OH is 1. The van der Waals surface area contributed by atoms with Crippen LogP contribution in [0.25, 0.3) is 11.1 Å². The van der Waals surface area contributed by atoms with Crippen molar-refractivity contribution in [2.75, 3.05) is 27.4 Å². The number of oxazole rings is 1. The van der Waals surface area contributed by atoms with Crippen LogP contribution in [-0.4, -0.2) is 54.5 Å². The SMILES string of the molecule is C=CC(=O)NC1CCOCC1Cc1cc2oc(C(O)c3c(F)c(OC)cc(OC)c3F)nc2cn1. The van der Waals surface area contributed by atoms with Crippen molar-refractivity contribution >= 4 is 17.0 Å². The quantitative estimate of drug-likeness (QED) is 0.464. The van der Waals surface area contributed by atoms with Crippen molar-refractivity contribution in [1.82, 2.24) is 15.3 Å². The average Bonchev–Trinajstić information content (AvgIpc) is 3.29. The third-order valence-electron chi connectivity index (χ3n) is 5.92. The van der Waals surface area contributed by atoms with Gasteiger partial charge in [0.2, 0.25) is 11.8 Å². The van der Waals surface area contributed by atoms with Crippen molar-refractivity contribution in [2.24, 2.45) is 5.92 Å². The summed E-state index contributed by atoms with van der Waals surface area (Å²) in [4.78, 5) is 20.3. The molecule has 3 atom stereocenters. The summed E-state index contributed by atoms with van der Waals surface area (Å²) < 4.78 is 50.7. The molecule has 0 spiro atoms. The van der Waals surface area contributed by atoms with Crippen molar-refractivity contribution < 1.29 is 37.3 Å². The molecule has 11 heteroatoms. The summed E-state index contributed by atoms with van der Waals surface area (Å²) >= 11 is 0. The molecule has 35 heavy (non-hydrogen) atoms. The highest BCUT2D eigenvalue weighted by Crippen LogP contribution is 2.37. The molecule has 0 saturated carbocycles. The number of benzene rings is 1. The Labute approximate surface area is 199 Å². The normalized spacial score (nSPS) is 18.8. The number of amides is 1. The number of methoxy groups -OCH3 is 2. The maximum Gasteiger partial charge on any atom is 0.243 e. The van der Waals surface area contributed by atoms with Crippen LogP contribution >= 0.6 is 0 Å². The molecular formula is C24H25F2N3O6. The topological polar surface area (TPSA) is 116 Å². The molecule has 9 nitrogen and oxygen atoms in total. The van der Waals surface area contributed by atoms with E-state index >= 15 is 0 Å². The molecule has 3 unspecified atom stereocenters. The van der Waals surface area contributed by atoms with Crippen LogP contribution < -0.4 is 14.8 Å². The van der Waals surface area contributed by atoms with E-state index in [9.17, 15) is 18.7 Å². The highest BCUT2D eigenvalue weighted by atomic mass is 19.1. The van der Waals surface area contributed by atoms with E-state index in [0.717, 1.165) is 6.07 Å². The number of hydrogen-bond donors (Lipinski definition) is 2. The van der Waals surface area contributed by atoms with Crippen LogP contribution in [0.4, 0.5) is 8.78 Å². The zero-order valence-electron chi connectivity index (χ0n) is 19.2. The number of halogens is 2. The minimum Gasteiger partial charge on any atom is -0.494 e. The molecule has 3 aromatic rings. The van der Waals surface area contributed by atoms with Gasteiger partial charge in [-0.05, 0) is 18.9 Å². The Bertz CT molecular complexity index is 1220. The van der Waals surface area contributed by atoms with Crippen molar-refractivity contribution in [1.29, 1.82) is 0 Å². The van der Waals surface area contributed by atoms with Gasteiger partial charge in [-0.15, -0.1) is 0 Å². The predicted molar refractivity (Wildman–Crippen MR) is 120 cm³/mol. The van der Waals surface area contributed by atoms with Gasteiger partial charge in [0, 0.05) is 36.4 Å². The molecule has 1 amide bonds. The van der Waals surface area contributed by atoms with E-state index < -0.39 is 23.3 Å². The van der Waals surface area contributed by atoms with Crippen molar-refractivity contribution in [3.63, 3.8) is 0 Å². The monoisotopic (exact) mass is 489 g/mol. The summed E-state index contributed by atoms with van der Waals surface area (Å²) in [6, 6.07) is 2.58. The summed E-state index contributed by atoms with van der Waals surface area (Å²) in [6.45, 7) is 4.46. The molecular weight excluding hydrogens is 464 g/mol. The molecule has 1 aromatic carbocycles. The standard InChI is InChI=1S/C24H25F2N3O6/c1-4-19(30)28-14-5-6-34-11-12(14)7-13-8-16-15(10-27-13)29-24(35-16)23(31)20-21(25)17(32-2)9-18(33-3)22(20)26/h4,8-10,12,14,23,31H,1,5-7,11H2,2-3H3,(H,28,30). The lowest BCUT2D eigenvalue weighted by Gasteiger charge is -2.31. The number of pyridine rings is 1. The first kappa shape index (κ1) is 24.6. The smallest absolute Gasteiger partial charge is 0.243 e. The Hall–Kier alpha value is -3.57. The number of rotatable bonds is 8. The largest absolute Gasteiger partial charge is 0.494 e. The fourth-order valence-electron chi connectivity index (χ4n) is 4.09. The summed E-state index contributed by atoms with van der Waals surface area (Å²) in [5, 5.41) is 13.7. The average molecular weight is 489 g/mol. The third kappa shape index (κ3) is 4.96. The lowest BCUT2D eigenvalue weighted by Crippen LogP contribution is -2.45. The highest BCUT2D eigenvalue weighted by Gasteiger charge is 2.31. The lowest BCUT2D eigenvalue weighted by atomic mass is 9.91. The first-order valence-electron chi connectivity index (χ1n) is 10.9. The number of hydrogen-bond acceptors (Lipinski definition) is 8. The summed E-state index contributed by atoms with van der Waals surface area (Å²) in [5.41, 5.74) is 0.516. The van der Waals surface area contributed by atoms with Gasteiger partial charge >= 0.3 is 0 Å². The minimum absolute atomic E-state index is 0.0296. The van der Waals surface area contributed by atoms with Crippen LogP contribution in [0.3, 0.4) is 0 Å². The fraction of sp³-hybridized carbons (Fsp3) is 0.375. The van der Waals surface area contributed by atoms with E-state index in [2.05, 4.69) is 21.9 Å². The number of aliphatic hydroxyl groups is 1. The Kier molecular flexibility index (Phi) is 7.27. The molecule has 0 radical (unpaired) electrons. The number of fused-ring (bicyclic) bond motifs is 1. The number of nitrogens with one attached hydrogen (secondary N) is 1. The molecule has 3 heterocycles. The van der Waals surface area contributed by atoms with E-state index in [-0.39, 0.29) is 40.8 Å². The maximum absolute atomic E-state index is 14.8. The van der Waals surface area contributed by atoms with Gasteiger partial charge in [0.15, 0.2) is 34.8 Å². The van der Waals surface area contributed by atoms with Gasteiger partial charge in [0.25, 0.3) is 0 Å². The second kappa shape index (κ2) is 10.4. The van der Waals surface area contributed by atoms with E-state index in [1.807, 2.05) is 0 Å². The molecule has 0 bridgehead atoms. The van der Waals surface area contributed by atoms with Crippen LogP contribution in [0, 0.1) is 17.6 Å². The zero-order chi connectivity index (χ0) is 25.1. The van der Waals surface area contributed by atoms with Crippen LogP contribution in [0.2, 0.25) is 0 Å². The summed E-state index contributed by atoms with van der Waals surface area (Å²) in [6.07, 6.45) is 1.95. The minimum atomic E-state index is -1.86. The van der Waals surface area contributed by atoms with Crippen molar-refractivity contribution in [3.05, 3.63) is 59.8 Å². The molecule has 1 fully saturated rings. The summed E-state index contributed by atoms with van der Waals surface area (Å²) in [7, 11) is 2.42. The van der Waals surface area contributed by atoms with Gasteiger partial charge in [-0.1, -0.05) is 6.58 Å². The molecule has 1 aliphatic heterocycles. The Balaban J connectivity index is 1.61. The molecule has 0 aliphatic carbocycles. The number of nitrogens with zero attached hydrogens (tertiary/aromatic N) is 2. The molecule has 186 valence electrons. The second-order valence-corrected chi connectivity index (χ2v) is 8.07. The van der Waals surface area contributed by atoms with Gasteiger partial charge in [-0.25, -0.2) is 13.8 Å². The Morgan fingerprint density at radius 1 is 1.31 bits per heavy atom. The van der Waals surface area contributed by atoms with Gasteiger partial charge in [0.1, 0.15) is 5.52 Å². The molecule has 1 aliphatic rings. The Morgan fingerprint density at radius 3 is 2.69 bits per heavy atom. The maximum atomic E-state index is 14.8. The third-order valence-corrected chi connectivity index (χ3v) is 5.92. The van der Waals surface area contributed by atoms with Gasteiger partial charge in [-0.3, -0.25) is 9.78 Å². The van der Waals surface area contributed by atoms with E-state index in [1.54, 1.807) is 6.07 Å². The van der Waals surface area contributed by atoms with Crippen LogP contribution in [0.5, 0.6) is 11.5 Å². The molecule has 2 aromatic heterocycles.